The van der Waals surface area contributed by atoms with E-state index in [1.807, 2.05) is 0 Å². The van der Waals surface area contributed by atoms with Crippen LogP contribution in [0, 0.1) is 5.92 Å². The van der Waals surface area contributed by atoms with Crippen LogP contribution in [-0.4, -0.2) is 22.4 Å². The molecule has 0 bridgehead atoms. The molecule has 1 aromatic rings. The largest absolute Gasteiger partial charge is 0.317 e. The second-order valence-electron chi connectivity index (χ2n) is 6.64. The van der Waals surface area contributed by atoms with E-state index in [0.29, 0.717) is 17.9 Å². The van der Waals surface area contributed by atoms with Gasteiger partial charge >= 0.3 is 0 Å². The van der Waals surface area contributed by atoms with Crippen molar-refractivity contribution in [2.75, 3.05) is 0 Å². The minimum absolute atomic E-state index is 0.112. The van der Waals surface area contributed by atoms with Crippen molar-refractivity contribution in [2.24, 2.45) is 5.92 Å². The summed E-state index contributed by atoms with van der Waals surface area (Å²) in [6.45, 7) is 2.26. The van der Waals surface area contributed by atoms with E-state index < -0.39 is 0 Å². The molecule has 3 fully saturated rings. The second kappa shape index (κ2) is 4.57. The third-order valence-electron chi connectivity index (χ3n) is 5.42. The van der Waals surface area contributed by atoms with E-state index in [-0.39, 0.29) is 11.7 Å². The van der Waals surface area contributed by atoms with Crippen LogP contribution in [0.5, 0.6) is 0 Å². The second-order valence-corrected chi connectivity index (χ2v) is 7.62. The number of hydrogen-bond acceptors (Lipinski definition) is 3. The van der Waals surface area contributed by atoms with Gasteiger partial charge in [-0.15, -0.1) is 11.3 Å². The molecule has 0 radical (unpaired) electrons. The van der Waals surface area contributed by atoms with Crippen molar-refractivity contribution in [1.82, 2.24) is 10.2 Å². The fraction of sp³-hybridized carbons (Fsp3) is 0.688. The Balaban J connectivity index is 1.64. The molecule has 1 spiro atoms. The Morgan fingerprint density at radius 1 is 1.40 bits per heavy atom. The van der Waals surface area contributed by atoms with Crippen molar-refractivity contribution < 1.29 is 4.79 Å². The lowest BCUT2D eigenvalue weighted by Crippen LogP contribution is -2.42. The molecule has 1 aromatic heterocycles. The monoisotopic (exact) mass is 290 g/mol. The maximum atomic E-state index is 12.9. The van der Waals surface area contributed by atoms with Crippen LogP contribution in [0.15, 0.2) is 17.5 Å². The van der Waals surface area contributed by atoms with Gasteiger partial charge in [-0.3, -0.25) is 10.1 Å². The van der Waals surface area contributed by atoms with Crippen molar-refractivity contribution in [3.05, 3.63) is 22.4 Å². The first-order valence-electron chi connectivity index (χ1n) is 7.85. The quantitative estimate of drug-likeness (QED) is 0.926. The average Bonchev–Trinajstić information content (AvgIpc) is 2.92. The number of nitrogens with zero attached hydrogens (tertiary/aromatic N) is 1. The molecular formula is C16H22N2OS. The summed E-state index contributed by atoms with van der Waals surface area (Å²) in [5.74, 6) is 1.05. The van der Waals surface area contributed by atoms with Crippen LogP contribution in [0.3, 0.4) is 0 Å². The number of hydrogen-bond donors (Lipinski definition) is 1. The molecule has 1 N–H and O–H groups in total. The van der Waals surface area contributed by atoms with Crippen molar-refractivity contribution >= 4 is 17.2 Å². The number of rotatable bonds is 3. The third kappa shape index (κ3) is 1.85. The molecule has 4 heteroatoms. The number of thiophene rings is 1. The zero-order valence-corrected chi connectivity index (χ0v) is 12.8. The Labute approximate surface area is 124 Å². The van der Waals surface area contributed by atoms with Crippen molar-refractivity contribution in [3.63, 3.8) is 0 Å². The summed E-state index contributed by atoms with van der Waals surface area (Å²) in [5.41, 5.74) is -0.207. The molecule has 2 atom stereocenters. The Morgan fingerprint density at radius 3 is 2.75 bits per heavy atom. The van der Waals surface area contributed by atoms with E-state index in [1.54, 1.807) is 11.3 Å². The summed E-state index contributed by atoms with van der Waals surface area (Å²) in [6, 6.07) is 4.61. The SMILES string of the molecule is CC(C1CCCC1)N1C(=O)C2(CC2)NC1c1cccs1. The fourth-order valence-electron chi connectivity index (χ4n) is 3.98. The highest BCUT2D eigenvalue weighted by atomic mass is 32.1. The van der Waals surface area contributed by atoms with Crippen molar-refractivity contribution in [2.45, 2.75) is 63.2 Å². The zero-order valence-electron chi connectivity index (χ0n) is 12.0. The maximum absolute atomic E-state index is 12.9. The van der Waals surface area contributed by atoms with Crippen LogP contribution in [0.4, 0.5) is 0 Å². The highest BCUT2D eigenvalue weighted by Crippen LogP contribution is 2.48. The van der Waals surface area contributed by atoms with E-state index >= 15 is 0 Å². The molecule has 1 amide bonds. The van der Waals surface area contributed by atoms with Gasteiger partial charge in [0.05, 0.1) is 0 Å². The van der Waals surface area contributed by atoms with Gasteiger partial charge in [0, 0.05) is 10.9 Å². The molecule has 0 aromatic carbocycles. The molecule has 2 heterocycles. The van der Waals surface area contributed by atoms with Crippen LogP contribution in [0.25, 0.3) is 0 Å². The lowest BCUT2D eigenvalue weighted by molar-refractivity contribution is -0.133. The fourth-order valence-corrected chi connectivity index (χ4v) is 4.76. The van der Waals surface area contributed by atoms with Crippen LogP contribution < -0.4 is 5.32 Å². The van der Waals surface area contributed by atoms with Crippen LogP contribution in [0.2, 0.25) is 0 Å². The molecule has 4 rings (SSSR count). The van der Waals surface area contributed by atoms with Crippen LogP contribution in [0.1, 0.15) is 56.5 Å². The maximum Gasteiger partial charge on any atom is 0.244 e. The highest BCUT2D eigenvalue weighted by molar-refractivity contribution is 7.10. The molecule has 3 aliphatic rings. The Kier molecular flexibility index (Phi) is 2.93. The van der Waals surface area contributed by atoms with Gasteiger partial charge in [-0.2, -0.15) is 0 Å². The van der Waals surface area contributed by atoms with E-state index in [4.69, 9.17) is 0 Å². The summed E-state index contributed by atoms with van der Waals surface area (Å²) >= 11 is 1.76. The molecule has 108 valence electrons. The van der Waals surface area contributed by atoms with Gasteiger partial charge in [0.1, 0.15) is 11.7 Å². The first kappa shape index (κ1) is 12.8. The Hall–Kier alpha value is -0.870. The zero-order chi connectivity index (χ0) is 13.7. The van der Waals surface area contributed by atoms with Gasteiger partial charge < -0.3 is 4.90 Å². The number of amides is 1. The molecule has 1 aliphatic heterocycles. The normalized spacial score (nSPS) is 30.4. The average molecular weight is 290 g/mol. The minimum Gasteiger partial charge on any atom is -0.317 e. The standard InChI is InChI=1S/C16H22N2OS/c1-11(12-5-2-3-6-12)18-14(13-7-4-10-20-13)17-16(8-9-16)15(18)19/h4,7,10-12,14,17H,2-3,5-6,8-9H2,1H3. The summed E-state index contributed by atoms with van der Waals surface area (Å²) in [5, 5.41) is 5.74. The molecule has 2 unspecified atom stereocenters. The van der Waals surface area contributed by atoms with Crippen molar-refractivity contribution in [3.8, 4) is 0 Å². The number of carbonyl (C=O) groups is 1. The highest BCUT2D eigenvalue weighted by Gasteiger charge is 2.60. The lowest BCUT2D eigenvalue weighted by atomic mass is 9.97. The van der Waals surface area contributed by atoms with Gasteiger partial charge in [0.15, 0.2) is 0 Å². The van der Waals surface area contributed by atoms with E-state index in [0.717, 1.165) is 12.8 Å². The first-order chi connectivity index (χ1) is 9.71. The lowest BCUT2D eigenvalue weighted by Gasteiger charge is -2.33. The third-order valence-corrected chi connectivity index (χ3v) is 6.34. The predicted octanol–water partition coefficient (Wildman–Crippen LogP) is 3.29. The van der Waals surface area contributed by atoms with Crippen LogP contribution >= 0.6 is 11.3 Å². The topological polar surface area (TPSA) is 32.3 Å². The number of nitrogens with one attached hydrogen (secondary N) is 1. The van der Waals surface area contributed by atoms with Gasteiger partial charge in [0.25, 0.3) is 0 Å². The van der Waals surface area contributed by atoms with Crippen LogP contribution in [-0.2, 0) is 4.79 Å². The first-order valence-corrected chi connectivity index (χ1v) is 8.73. The summed E-state index contributed by atoms with van der Waals surface area (Å²) in [7, 11) is 0. The summed E-state index contributed by atoms with van der Waals surface area (Å²) in [6.07, 6.45) is 7.38. The summed E-state index contributed by atoms with van der Waals surface area (Å²) in [4.78, 5) is 16.3. The van der Waals surface area contributed by atoms with E-state index in [9.17, 15) is 4.79 Å². The van der Waals surface area contributed by atoms with Crippen molar-refractivity contribution in [1.29, 1.82) is 0 Å². The van der Waals surface area contributed by atoms with E-state index in [1.165, 1.54) is 30.6 Å². The predicted molar refractivity (Wildman–Crippen MR) is 80.4 cm³/mol. The van der Waals surface area contributed by atoms with Gasteiger partial charge in [-0.25, -0.2) is 0 Å². The molecule has 2 aliphatic carbocycles. The summed E-state index contributed by atoms with van der Waals surface area (Å²) < 4.78 is 0. The number of carbonyl (C=O) groups excluding carboxylic acids is 1. The Morgan fingerprint density at radius 2 is 2.15 bits per heavy atom. The van der Waals surface area contributed by atoms with Gasteiger partial charge in [0.2, 0.25) is 5.91 Å². The molecule has 1 saturated heterocycles. The smallest absolute Gasteiger partial charge is 0.244 e. The Bertz CT molecular complexity index is 503. The van der Waals surface area contributed by atoms with E-state index in [2.05, 4.69) is 34.7 Å². The molecular weight excluding hydrogens is 268 g/mol. The molecule has 2 saturated carbocycles. The van der Waals surface area contributed by atoms with Gasteiger partial charge in [-0.05, 0) is 50.0 Å². The molecule has 3 nitrogen and oxygen atoms in total. The minimum atomic E-state index is -0.207. The molecule has 20 heavy (non-hydrogen) atoms. The van der Waals surface area contributed by atoms with Gasteiger partial charge in [-0.1, -0.05) is 18.9 Å².